The number of carbonyl (C=O) groups excluding carboxylic acids is 1. The van der Waals surface area contributed by atoms with Crippen LogP contribution in [0.5, 0.6) is 0 Å². The van der Waals surface area contributed by atoms with Crippen molar-refractivity contribution in [3.63, 3.8) is 0 Å². The number of hydrogen-bond acceptors (Lipinski definition) is 3. The van der Waals surface area contributed by atoms with Crippen molar-refractivity contribution < 1.29 is 13.2 Å². The fourth-order valence-corrected chi connectivity index (χ4v) is 5.66. The van der Waals surface area contributed by atoms with Crippen LogP contribution >= 0.6 is 11.6 Å². The summed E-state index contributed by atoms with van der Waals surface area (Å²) in [5, 5.41) is 4.34. The van der Waals surface area contributed by atoms with Crippen LogP contribution in [0, 0.1) is 6.92 Å². The van der Waals surface area contributed by atoms with E-state index >= 15 is 0 Å². The number of rotatable bonds is 4. The first kappa shape index (κ1) is 22.6. The third kappa shape index (κ3) is 4.48. The Morgan fingerprint density at radius 3 is 2.62 bits per heavy atom. The van der Waals surface area contributed by atoms with Crippen molar-refractivity contribution in [2.24, 2.45) is 0 Å². The number of fused-ring (bicyclic) bond motifs is 1. The molecular formula is C23H27ClN4O3S. The first-order chi connectivity index (χ1) is 15.3. The zero-order valence-electron chi connectivity index (χ0n) is 18.2. The van der Waals surface area contributed by atoms with E-state index in [2.05, 4.69) is 16.8 Å². The lowest BCUT2D eigenvalue weighted by atomic mass is 10.2. The molecule has 7 nitrogen and oxygen atoms in total. The molecule has 1 aliphatic rings. The van der Waals surface area contributed by atoms with Gasteiger partial charge in [-0.3, -0.25) is 0 Å². The highest BCUT2D eigenvalue weighted by molar-refractivity contribution is 7.89. The van der Waals surface area contributed by atoms with Gasteiger partial charge in [-0.2, -0.15) is 4.31 Å². The van der Waals surface area contributed by atoms with Crippen molar-refractivity contribution in [3.05, 3.63) is 59.2 Å². The summed E-state index contributed by atoms with van der Waals surface area (Å²) in [6, 6.07) is 12.3. The van der Waals surface area contributed by atoms with Crippen LogP contribution in [-0.2, 0) is 16.6 Å². The van der Waals surface area contributed by atoms with E-state index in [0.29, 0.717) is 36.8 Å². The molecule has 9 heteroatoms. The molecule has 1 saturated heterocycles. The highest BCUT2D eigenvalue weighted by Crippen LogP contribution is 2.24. The summed E-state index contributed by atoms with van der Waals surface area (Å²) in [6.45, 7) is 6.20. The summed E-state index contributed by atoms with van der Waals surface area (Å²) in [5.74, 6) is 0. The highest BCUT2D eigenvalue weighted by Gasteiger charge is 2.28. The lowest BCUT2D eigenvalue weighted by Crippen LogP contribution is -2.39. The Morgan fingerprint density at radius 1 is 1.06 bits per heavy atom. The van der Waals surface area contributed by atoms with E-state index in [0.717, 1.165) is 23.0 Å². The molecule has 1 aromatic heterocycles. The highest BCUT2D eigenvalue weighted by atomic mass is 35.5. The number of carbonyl (C=O) groups is 1. The topological polar surface area (TPSA) is 74.7 Å². The number of hydrogen-bond donors (Lipinski definition) is 1. The molecule has 32 heavy (non-hydrogen) atoms. The second kappa shape index (κ2) is 9.13. The number of aryl methyl sites for hydroxylation is 2. The van der Waals surface area contributed by atoms with Gasteiger partial charge in [0.15, 0.2) is 0 Å². The monoisotopic (exact) mass is 474 g/mol. The first-order valence-electron chi connectivity index (χ1n) is 10.7. The van der Waals surface area contributed by atoms with Gasteiger partial charge >= 0.3 is 6.03 Å². The fourth-order valence-electron chi connectivity index (χ4n) is 3.97. The summed E-state index contributed by atoms with van der Waals surface area (Å²) in [5.41, 5.74) is 2.57. The first-order valence-corrected chi connectivity index (χ1v) is 12.5. The van der Waals surface area contributed by atoms with E-state index in [1.165, 1.54) is 4.31 Å². The van der Waals surface area contributed by atoms with Crippen molar-refractivity contribution in [2.45, 2.75) is 31.7 Å². The zero-order valence-corrected chi connectivity index (χ0v) is 19.8. The van der Waals surface area contributed by atoms with E-state index in [4.69, 9.17) is 11.6 Å². The summed E-state index contributed by atoms with van der Waals surface area (Å²) in [4.78, 5) is 14.7. The molecule has 1 fully saturated rings. The minimum absolute atomic E-state index is 0.248. The smallest absolute Gasteiger partial charge is 0.321 e. The van der Waals surface area contributed by atoms with Crippen molar-refractivity contribution in [2.75, 3.05) is 31.5 Å². The molecule has 1 aliphatic heterocycles. The standard InChI is InChI=1S/C23H27ClN4O3S/c1-3-26-12-9-18-15-20(7-8-22(18)26)32(30,31)28-11-4-10-27(13-14-28)23(29)25-19-6-5-17(2)21(24)16-19/h5-9,12,15-16H,3-4,10-11,13-14H2,1-2H3,(H,25,29). The molecule has 2 amide bonds. The molecule has 0 atom stereocenters. The molecule has 2 aromatic carbocycles. The van der Waals surface area contributed by atoms with E-state index in [1.54, 1.807) is 29.2 Å². The molecular weight excluding hydrogens is 448 g/mol. The number of sulfonamides is 1. The SMILES string of the molecule is CCn1ccc2cc(S(=O)(=O)N3CCCN(C(=O)Nc4ccc(C)c(Cl)c4)CC3)ccc21. The van der Waals surface area contributed by atoms with Crippen LogP contribution in [0.2, 0.25) is 5.02 Å². The van der Waals surface area contributed by atoms with E-state index in [1.807, 2.05) is 31.3 Å². The van der Waals surface area contributed by atoms with Gasteiger partial charge in [0.2, 0.25) is 10.0 Å². The number of amides is 2. The van der Waals surface area contributed by atoms with Gasteiger partial charge in [0.05, 0.1) is 4.90 Å². The molecule has 0 bridgehead atoms. The Hall–Kier alpha value is -2.55. The maximum atomic E-state index is 13.3. The second-order valence-corrected chi connectivity index (χ2v) is 10.3. The lowest BCUT2D eigenvalue weighted by Gasteiger charge is -2.22. The van der Waals surface area contributed by atoms with Crippen LogP contribution in [-0.4, -0.2) is 54.4 Å². The zero-order chi connectivity index (χ0) is 22.9. The molecule has 0 unspecified atom stereocenters. The van der Waals surface area contributed by atoms with E-state index in [-0.39, 0.29) is 17.5 Å². The van der Waals surface area contributed by atoms with Gasteiger partial charge < -0.3 is 14.8 Å². The number of urea groups is 1. The van der Waals surface area contributed by atoms with Crippen LogP contribution in [0.3, 0.4) is 0 Å². The average Bonchev–Trinajstić information content (AvgIpc) is 3.01. The van der Waals surface area contributed by atoms with Gasteiger partial charge in [0, 0.05) is 60.5 Å². The molecule has 4 rings (SSSR count). The number of halogens is 1. The number of nitrogens with zero attached hydrogens (tertiary/aromatic N) is 3. The molecule has 0 aliphatic carbocycles. The van der Waals surface area contributed by atoms with E-state index in [9.17, 15) is 13.2 Å². The summed E-state index contributed by atoms with van der Waals surface area (Å²) in [7, 11) is -3.64. The molecule has 2 heterocycles. The summed E-state index contributed by atoms with van der Waals surface area (Å²) < 4.78 is 30.1. The Morgan fingerprint density at radius 2 is 1.88 bits per heavy atom. The van der Waals surface area contributed by atoms with Gasteiger partial charge in [0.1, 0.15) is 0 Å². The predicted octanol–water partition coefficient (Wildman–Crippen LogP) is 4.55. The third-order valence-electron chi connectivity index (χ3n) is 5.89. The van der Waals surface area contributed by atoms with Gasteiger partial charge in [-0.25, -0.2) is 13.2 Å². The van der Waals surface area contributed by atoms with Crippen LogP contribution < -0.4 is 5.32 Å². The van der Waals surface area contributed by atoms with Crippen molar-refractivity contribution in [3.8, 4) is 0 Å². The lowest BCUT2D eigenvalue weighted by molar-refractivity contribution is 0.214. The maximum Gasteiger partial charge on any atom is 0.321 e. The minimum atomic E-state index is -3.64. The Labute approximate surface area is 193 Å². The predicted molar refractivity (Wildman–Crippen MR) is 128 cm³/mol. The summed E-state index contributed by atoms with van der Waals surface area (Å²) >= 11 is 6.14. The van der Waals surface area contributed by atoms with Crippen LogP contribution in [0.4, 0.5) is 10.5 Å². The molecule has 1 N–H and O–H groups in total. The van der Waals surface area contributed by atoms with Crippen LogP contribution in [0.15, 0.2) is 53.6 Å². The summed E-state index contributed by atoms with van der Waals surface area (Å²) in [6.07, 6.45) is 2.53. The number of aromatic nitrogens is 1. The van der Waals surface area contributed by atoms with Gasteiger partial charge in [-0.1, -0.05) is 17.7 Å². The number of anilines is 1. The van der Waals surface area contributed by atoms with Gasteiger partial charge in [0.25, 0.3) is 0 Å². The quantitative estimate of drug-likeness (QED) is 0.602. The van der Waals surface area contributed by atoms with Crippen LogP contribution in [0.1, 0.15) is 18.9 Å². The molecule has 0 spiro atoms. The van der Waals surface area contributed by atoms with Gasteiger partial charge in [-0.15, -0.1) is 0 Å². The minimum Gasteiger partial charge on any atom is -0.348 e. The largest absolute Gasteiger partial charge is 0.348 e. The van der Waals surface area contributed by atoms with Gasteiger partial charge in [-0.05, 0) is 62.2 Å². The fraction of sp³-hybridized carbons (Fsp3) is 0.348. The molecule has 0 saturated carbocycles. The van der Waals surface area contributed by atoms with Crippen molar-refractivity contribution in [1.82, 2.24) is 13.8 Å². The maximum absolute atomic E-state index is 13.3. The number of nitrogens with one attached hydrogen (secondary N) is 1. The molecule has 170 valence electrons. The van der Waals surface area contributed by atoms with Crippen LogP contribution in [0.25, 0.3) is 10.9 Å². The van der Waals surface area contributed by atoms with E-state index < -0.39 is 10.0 Å². The number of benzene rings is 2. The van der Waals surface area contributed by atoms with Crippen molar-refractivity contribution in [1.29, 1.82) is 0 Å². The Bertz CT molecular complexity index is 1260. The normalized spacial score (nSPS) is 15.7. The van der Waals surface area contributed by atoms with Crippen molar-refractivity contribution >= 4 is 44.2 Å². The molecule has 3 aromatic rings. The Kier molecular flexibility index (Phi) is 6.46. The second-order valence-electron chi connectivity index (χ2n) is 7.96. The average molecular weight is 475 g/mol. The molecule has 0 radical (unpaired) electrons. The third-order valence-corrected chi connectivity index (χ3v) is 8.19. The Balaban J connectivity index is 1.46.